The van der Waals surface area contributed by atoms with Crippen molar-refractivity contribution in [3.8, 4) is 0 Å². The molecule has 0 amide bonds. The number of hydrogen-bond donors (Lipinski definition) is 0. The van der Waals surface area contributed by atoms with Gasteiger partial charge in [0.25, 0.3) is 0 Å². The molecule has 232 valence electrons. The SMILES string of the molecule is c1ccc(N2c3cc4c(cc3B3c5c(sc6ccccc56)N(c5ccccc5)C5CCCC2C35)c2cccc3c5ccccc5n4c32)cc1. The Bertz CT molecular complexity index is 2750. The van der Waals surface area contributed by atoms with Gasteiger partial charge in [0, 0.05) is 55.4 Å². The minimum atomic E-state index is 0.317. The first-order valence-corrected chi connectivity index (χ1v) is 18.6. The van der Waals surface area contributed by atoms with Gasteiger partial charge >= 0.3 is 0 Å². The highest BCUT2D eigenvalue weighted by molar-refractivity contribution is 7.25. The molecule has 2 aliphatic heterocycles. The quantitative estimate of drug-likeness (QED) is 0.173. The highest BCUT2D eigenvalue weighted by Crippen LogP contribution is 2.54. The van der Waals surface area contributed by atoms with E-state index in [-0.39, 0.29) is 0 Å². The first-order valence-electron chi connectivity index (χ1n) is 17.8. The Balaban J connectivity index is 1.23. The van der Waals surface area contributed by atoms with E-state index in [1.54, 1.807) is 0 Å². The topological polar surface area (TPSA) is 10.9 Å². The fourth-order valence-corrected chi connectivity index (χ4v) is 11.7. The van der Waals surface area contributed by atoms with Crippen molar-refractivity contribution in [1.82, 2.24) is 4.40 Å². The number of anilines is 4. The smallest absolute Gasteiger partial charge is 0.223 e. The van der Waals surface area contributed by atoms with Crippen LogP contribution in [0.4, 0.5) is 22.1 Å². The van der Waals surface area contributed by atoms with E-state index >= 15 is 0 Å². The third-order valence-corrected chi connectivity index (χ3v) is 13.3. The number of thiophene rings is 1. The fourth-order valence-electron chi connectivity index (χ4n) is 10.4. The summed E-state index contributed by atoms with van der Waals surface area (Å²) in [6.45, 7) is 0.317. The zero-order valence-corrected chi connectivity index (χ0v) is 27.8. The number of rotatable bonds is 2. The molecule has 3 aliphatic rings. The maximum atomic E-state index is 2.76. The predicted molar refractivity (Wildman–Crippen MR) is 210 cm³/mol. The average molecular weight is 646 g/mol. The lowest BCUT2D eigenvalue weighted by molar-refractivity contribution is 0.377. The van der Waals surface area contributed by atoms with E-state index in [1.807, 2.05) is 11.3 Å². The molecule has 1 saturated carbocycles. The van der Waals surface area contributed by atoms with Crippen LogP contribution < -0.4 is 20.7 Å². The molecule has 6 aromatic carbocycles. The average Bonchev–Trinajstić information content (AvgIpc) is 3.82. The maximum absolute atomic E-state index is 2.76. The van der Waals surface area contributed by atoms with Crippen LogP contribution in [0.1, 0.15) is 19.3 Å². The summed E-state index contributed by atoms with van der Waals surface area (Å²) in [6.07, 6.45) is 3.62. The van der Waals surface area contributed by atoms with E-state index in [2.05, 4.69) is 154 Å². The van der Waals surface area contributed by atoms with Gasteiger partial charge in [0.2, 0.25) is 6.71 Å². The molecule has 5 heterocycles. The molecule has 9 aromatic rings. The minimum absolute atomic E-state index is 0.317. The van der Waals surface area contributed by atoms with Gasteiger partial charge in [0.1, 0.15) is 0 Å². The summed E-state index contributed by atoms with van der Waals surface area (Å²) < 4.78 is 3.95. The van der Waals surface area contributed by atoms with Gasteiger partial charge in [-0.15, -0.1) is 11.3 Å². The van der Waals surface area contributed by atoms with E-state index in [9.17, 15) is 0 Å². The predicted octanol–water partition coefficient (Wildman–Crippen LogP) is 10.3. The highest BCUT2D eigenvalue weighted by atomic mass is 32.1. The second-order valence-corrected chi connectivity index (χ2v) is 15.4. The van der Waals surface area contributed by atoms with E-state index in [1.165, 1.54) is 100 Å². The van der Waals surface area contributed by atoms with Crippen molar-refractivity contribution in [2.75, 3.05) is 9.80 Å². The summed E-state index contributed by atoms with van der Waals surface area (Å²) >= 11 is 2.00. The standard InChI is InChI=1S/C44H32BN3S/c1-3-13-27(14-4-1)46-36-22-12-23-37-42(36)45(41-32-18-8-10-24-40(32)49-44(41)47(37)28-15-5-2-6-16-28)34-25-33-31-20-11-19-30-29-17-7-9-21-35(29)48(43(30)31)38(33)26-39(34)46/h1-11,13-21,24-26,36-37,42H,12,22-23H2. The maximum Gasteiger partial charge on any atom is 0.223 e. The van der Waals surface area contributed by atoms with Crippen LogP contribution in [0.25, 0.3) is 48.2 Å². The van der Waals surface area contributed by atoms with Crippen molar-refractivity contribution in [1.29, 1.82) is 0 Å². The zero-order chi connectivity index (χ0) is 31.8. The third-order valence-electron chi connectivity index (χ3n) is 12.1. The van der Waals surface area contributed by atoms with E-state index in [4.69, 9.17) is 0 Å². The van der Waals surface area contributed by atoms with Crippen LogP contribution in [0.3, 0.4) is 0 Å². The molecular formula is C44H32BN3S. The Morgan fingerprint density at radius 1 is 0.551 bits per heavy atom. The van der Waals surface area contributed by atoms with Crippen molar-refractivity contribution >= 4 is 99.2 Å². The molecule has 3 atom stereocenters. The number of aromatic nitrogens is 1. The van der Waals surface area contributed by atoms with Crippen LogP contribution in [0.5, 0.6) is 0 Å². The monoisotopic (exact) mass is 645 g/mol. The molecule has 0 saturated heterocycles. The second-order valence-electron chi connectivity index (χ2n) is 14.3. The first kappa shape index (κ1) is 26.7. The summed E-state index contributed by atoms with van der Waals surface area (Å²) in [5.41, 5.74) is 11.0. The van der Waals surface area contributed by atoms with Crippen LogP contribution in [-0.2, 0) is 0 Å². The molecule has 5 heteroatoms. The van der Waals surface area contributed by atoms with E-state index in [0.29, 0.717) is 24.6 Å². The normalized spacial score (nSPS) is 20.1. The van der Waals surface area contributed by atoms with Crippen LogP contribution in [-0.4, -0.2) is 23.2 Å². The molecule has 1 aliphatic carbocycles. The zero-order valence-electron chi connectivity index (χ0n) is 27.0. The van der Waals surface area contributed by atoms with Crippen molar-refractivity contribution in [3.05, 3.63) is 140 Å². The minimum Gasteiger partial charge on any atom is -0.339 e. The summed E-state index contributed by atoms with van der Waals surface area (Å²) in [5.74, 6) is 0.446. The van der Waals surface area contributed by atoms with Crippen molar-refractivity contribution in [2.45, 2.75) is 37.2 Å². The lowest BCUT2D eigenvalue weighted by Crippen LogP contribution is -2.68. The van der Waals surface area contributed by atoms with Gasteiger partial charge in [-0.05, 0) is 83.9 Å². The van der Waals surface area contributed by atoms with Crippen LogP contribution in [0.15, 0.2) is 140 Å². The van der Waals surface area contributed by atoms with Gasteiger partial charge in [-0.2, -0.15) is 0 Å². The molecule has 3 aromatic heterocycles. The fraction of sp³-hybridized carbons (Fsp3) is 0.136. The number of para-hydroxylation sites is 4. The van der Waals surface area contributed by atoms with Crippen molar-refractivity contribution in [3.63, 3.8) is 0 Å². The largest absolute Gasteiger partial charge is 0.339 e. The van der Waals surface area contributed by atoms with Gasteiger partial charge in [-0.25, -0.2) is 0 Å². The van der Waals surface area contributed by atoms with Gasteiger partial charge in [-0.1, -0.05) is 97.1 Å². The van der Waals surface area contributed by atoms with Gasteiger partial charge in [0.15, 0.2) is 0 Å². The molecule has 0 N–H and O–H groups in total. The summed E-state index contributed by atoms with van der Waals surface area (Å²) in [4.78, 5) is 5.52. The van der Waals surface area contributed by atoms with Gasteiger partial charge < -0.3 is 14.2 Å². The molecule has 3 unspecified atom stereocenters. The van der Waals surface area contributed by atoms with Crippen molar-refractivity contribution in [2.24, 2.45) is 0 Å². The lowest BCUT2D eigenvalue weighted by Gasteiger charge is -2.57. The van der Waals surface area contributed by atoms with Crippen molar-refractivity contribution < 1.29 is 0 Å². The molecule has 12 rings (SSSR count). The van der Waals surface area contributed by atoms with Crippen LogP contribution in [0, 0.1) is 0 Å². The highest BCUT2D eigenvalue weighted by Gasteiger charge is 2.56. The Morgan fingerprint density at radius 2 is 1.18 bits per heavy atom. The number of nitrogens with zero attached hydrogens (tertiary/aromatic N) is 3. The van der Waals surface area contributed by atoms with Crippen LogP contribution >= 0.6 is 11.3 Å². The number of benzene rings is 6. The summed E-state index contributed by atoms with van der Waals surface area (Å²) in [6, 6.07) is 53.6. The Morgan fingerprint density at radius 3 is 1.98 bits per heavy atom. The molecule has 49 heavy (non-hydrogen) atoms. The van der Waals surface area contributed by atoms with Gasteiger partial charge in [0.05, 0.1) is 21.6 Å². The molecule has 0 spiro atoms. The molecule has 0 radical (unpaired) electrons. The number of hydrogen-bond acceptors (Lipinski definition) is 3. The Hall–Kier alpha value is -5.26. The molecular weight excluding hydrogens is 613 g/mol. The van der Waals surface area contributed by atoms with E-state index in [0.717, 1.165) is 0 Å². The summed E-state index contributed by atoms with van der Waals surface area (Å²) in [5, 5.41) is 8.28. The molecule has 1 fully saturated rings. The van der Waals surface area contributed by atoms with Crippen LogP contribution in [0.2, 0.25) is 5.82 Å². The second kappa shape index (κ2) is 9.67. The molecule has 0 bridgehead atoms. The third kappa shape index (κ3) is 3.39. The summed E-state index contributed by atoms with van der Waals surface area (Å²) in [7, 11) is 0. The molecule has 3 nitrogen and oxygen atoms in total. The van der Waals surface area contributed by atoms with Gasteiger partial charge in [-0.3, -0.25) is 0 Å². The Kier molecular flexibility index (Phi) is 5.27. The first-order chi connectivity index (χ1) is 24.3. The lowest BCUT2D eigenvalue weighted by atomic mass is 9.27. The number of fused-ring (bicyclic) bond motifs is 12. The van der Waals surface area contributed by atoms with E-state index < -0.39 is 0 Å². The Labute approximate surface area is 289 Å².